The van der Waals surface area contributed by atoms with Gasteiger partial charge in [-0.25, -0.2) is 13.4 Å². The van der Waals surface area contributed by atoms with E-state index < -0.39 is 10.0 Å². The molecule has 0 spiro atoms. The van der Waals surface area contributed by atoms with Crippen LogP contribution in [0, 0.1) is 0 Å². The summed E-state index contributed by atoms with van der Waals surface area (Å²) in [6.07, 6.45) is 6.47. The van der Waals surface area contributed by atoms with E-state index in [2.05, 4.69) is 25.9 Å². The molecule has 0 N–H and O–H groups in total. The molecule has 2 aromatic rings. The number of pyridine rings is 1. The van der Waals surface area contributed by atoms with Crippen LogP contribution in [0.25, 0.3) is 0 Å². The molecule has 0 saturated carbocycles. The molecule has 0 radical (unpaired) electrons. The first kappa shape index (κ1) is 12.8. The second kappa shape index (κ2) is 4.69. The van der Waals surface area contributed by atoms with Crippen molar-refractivity contribution in [3.05, 3.63) is 41.2 Å². The first-order chi connectivity index (χ1) is 9.07. The molecule has 0 saturated heterocycles. The highest BCUT2D eigenvalue weighted by Gasteiger charge is 2.29. The van der Waals surface area contributed by atoms with E-state index in [1.807, 2.05) is 10.8 Å². The zero-order valence-corrected chi connectivity index (χ0v) is 12.3. The Morgan fingerprint density at radius 3 is 2.89 bits per heavy atom. The second-order valence-electron chi connectivity index (χ2n) is 4.21. The number of hydrogen-bond donors (Lipinski definition) is 0. The zero-order chi connectivity index (χ0) is 13.5. The van der Waals surface area contributed by atoms with E-state index in [1.54, 1.807) is 18.5 Å². The third-order valence-electron chi connectivity index (χ3n) is 3.03. The number of aromatic nitrogens is 3. The van der Waals surface area contributed by atoms with Crippen LogP contribution in [0.1, 0.15) is 5.82 Å². The first-order valence-corrected chi connectivity index (χ1v) is 7.91. The Morgan fingerprint density at radius 2 is 2.11 bits per heavy atom. The van der Waals surface area contributed by atoms with Crippen molar-refractivity contribution in [2.45, 2.75) is 18.0 Å². The van der Waals surface area contributed by atoms with Crippen molar-refractivity contribution >= 4 is 26.0 Å². The summed E-state index contributed by atoms with van der Waals surface area (Å²) < 4.78 is 29.0. The third-order valence-corrected chi connectivity index (χ3v) is 5.27. The Balaban J connectivity index is 1.94. The minimum absolute atomic E-state index is 0.196. The van der Waals surface area contributed by atoms with Gasteiger partial charge in [0.15, 0.2) is 0 Å². The van der Waals surface area contributed by atoms with Gasteiger partial charge in [-0.2, -0.15) is 4.31 Å². The van der Waals surface area contributed by atoms with Crippen molar-refractivity contribution in [1.29, 1.82) is 0 Å². The maximum absolute atomic E-state index is 12.5. The molecule has 0 unspecified atom stereocenters. The molecule has 100 valence electrons. The van der Waals surface area contributed by atoms with E-state index in [-0.39, 0.29) is 4.90 Å². The Hall–Kier alpha value is -1.25. The summed E-state index contributed by atoms with van der Waals surface area (Å²) in [4.78, 5) is 8.27. The maximum Gasteiger partial charge on any atom is 0.245 e. The van der Waals surface area contributed by atoms with E-state index in [0.29, 0.717) is 24.1 Å². The van der Waals surface area contributed by atoms with E-state index in [0.717, 1.165) is 5.82 Å². The van der Waals surface area contributed by atoms with Crippen LogP contribution in [-0.4, -0.2) is 33.8 Å². The van der Waals surface area contributed by atoms with Crippen molar-refractivity contribution in [3.63, 3.8) is 0 Å². The fourth-order valence-electron chi connectivity index (χ4n) is 2.04. The molecule has 8 heteroatoms. The van der Waals surface area contributed by atoms with Crippen molar-refractivity contribution in [2.75, 3.05) is 6.54 Å². The third kappa shape index (κ3) is 2.31. The second-order valence-corrected chi connectivity index (χ2v) is 7.07. The summed E-state index contributed by atoms with van der Waals surface area (Å²) in [6, 6.07) is 1.56. The van der Waals surface area contributed by atoms with Crippen molar-refractivity contribution in [3.8, 4) is 0 Å². The molecule has 0 aromatic carbocycles. The summed E-state index contributed by atoms with van der Waals surface area (Å²) in [6.45, 7) is 1.36. The number of imidazole rings is 1. The summed E-state index contributed by atoms with van der Waals surface area (Å²) in [5, 5.41) is 0. The molecular weight excluding hydrogens is 332 g/mol. The van der Waals surface area contributed by atoms with E-state index in [9.17, 15) is 8.42 Å². The van der Waals surface area contributed by atoms with Gasteiger partial charge >= 0.3 is 0 Å². The molecule has 19 heavy (non-hydrogen) atoms. The van der Waals surface area contributed by atoms with Gasteiger partial charge in [0.1, 0.15) is 10.7 Å². The molecule has 0 bridgehead atoms. The average Bonchev–Trinajstić information content (AvgIpc) is 2.85. The highest BCUT2D eigenvalue weighted by Crippen LogP contribution is 2.22. The number of fused-ring (bicyclic) bond motifs is 1. The minimum atomic E-state index is -3.52. The van der Waals surface area contributed by atoms with Crippen molar-refractivity contribution < 1.29 is 8.42 Å². The number of hydrogen-bond acceptors (Lipinski definition) is 4. The topological polar surface area (TPSA) is 68.1 Å². The summed E-state index contributed by atoms with van der Waals surface area (Å²) in [5.41, 5.74) is 0. The fourth-order valence-corrected chi connectivity index (χ4v) is 3.93. The molecule has 1 aliphatic heterocycles. The number of rotatable bonds is 2. The molecule has 0 amide bonds. The van der Waals surface area contributed by atoms with E-state index in [1.165, 1.54) is 10.5 Å². The molecule has 6 nitrogen and oxygen atoms in total. The molecule has 0 atom stereocenters. The van der Waals surface area contributed by atoms with Gasteiger partial charge in [-0.15, -0.1) is 0 Å². The van der Waals surface area contributed by atoms with Crippen LogP contribution in [0.3, 0.4) is 0 Å². The van der Waals surface area contributed by atoms with Crippen LogP contribution in [0.15, 0.2) is 40.2 Å². The van der Waals surface area contributed by atoms with Gasteiger partial charge in [0.2, 0.25) is 10.0 Å². The van der Waals surface area contributed by atoms with Gasteiger partial charge in [0.25, 0.3) is 0 Å². The number of halogens is 1. The lowest BCUT2D eigenvalue weighted by molar-refractivity contribution is 0.335. The summed E-state index contributed by atoms with van der Waals surface area (Å²) in [7, 11) is -3.52. The Kier molecular flexibility index (Phi) is 3.15. The molecule has 1 aliphatic rings. The van der Waals surface area contributed by atoms with Gasteiger partial charge in [-0.3, -0.25) is 4.98 Å². The lowest BCUT2D eigenvalue weighted by Crippen LogP contribution is -2.38. The molecule has 3 rings (SSSR count). The lowest BCUT2D eigenvalue weighted by Gasteiger charge is -2.26. The Labute approximate surface area is 119 Å². The van der Waals surface area contributed by atoms with Crippen LogP contribution in [0.4, 0.5) is 0 Å². The van der Waals surface area contributed by atoms with E-state index >= 15 is 0 Å². The fraction of sp³-hybridized carbons (Fsp3) is 0.273. The van der Waals surface area contributed by atoms with Gasteiger partial charge in [-0.05, 0) is 22.0 Å². The van der Waals surface area contributed by atoms with Crippen molar-refractivity contribution in [2.24, 2.45) is 0 Å². The number of sulfonamides is 1. The predicted molar refractivity (Wildman–Crippen MR) is 71.8 cm³/mol. The Morgan fingerprint density at radius 1 is 1.26 bits per heavy atom. The van der Waals surface area contributed by atoms with Gasteiger partial charge in [0, 0.05) is 42.3 Å². The Bertz CT molecular complexity index is 713. The zero-order valence-electron chi connectivity index (χ0n) is 9.90. The van der Waals surface area contributed by atoms with Crippen LogP contribution in [-0.2, 0) is 23.1 Å². The average molecular weight is 343 g/mol. The normalized spacial score (nSPS) is 16.3. The standard InChI is InChI=1S/C11H11BrN4O2S/c12-9-5-10(7-13-6-9)19(17,18)16-4-3-15-2-1-14-11(15)8-16/h1-2,5-7H,3-4,8H2. The van der Waals surface area contributed by atoms with Crippen LogP contribution < -0.4 is 0 Å². The molecule has 0 aliphatic carbocycles. The van der Waals surface area contributed by atoms with Crippen LogP contribution in [0.5, 0.6) is 0 Å². The largest absolute Gasteiger partial charge is 0.333 e. The van der Waals surface area contributed by atoms with Crippen molar-refractivity contribution in [1.82, 2.24) is 18.8 Å². The highest BCUT2D eigenvalue weighted by molar-refractivity contribution is 9.10. The van der Waals surface area contributed by atoms with Crippen LogP contribution >= 0.6 is 15.9 Å². The SMILES string of the molecule is O=S(=O)(c1cncc(Br)c1)N1CCn2ccnc2C1. The predicted octanol–water partition coefficient (Wildman–Crippen LogP) is 1.25. The van der Waals surface area contributed by atoms with Crippen LogP contribution in [0.2, 0.25) is 0 Å². The minimum Gasteiger partial charge on any atom is -0.333 e. The van der Waals surface area contributed by atoms with Gasteiger partial charge in [0.05, 0.1) is 6.54 Å². The van der Waals surface area contributed by atoms with Gasteiger partial charge < -0.3 is 4.57 Å². The van der Waals surface area contributed by atoms with Gasteiger partial charge in [-0.1, -0.05) is 0 Å². The number of nitrogens with zero attached hydrogens (tertiary/aromatic N) is 4. The smallest absolute Gasteiger partial charge is 0.245 e. The summed E-state index contributed by atoms with van der Waals surface area (Å²) in [5.74, 6) is 0.762. The molecule has 0 fully saturated rings. The first-order valence-electron chi connectivity index (χ1n) is 5.68. The molecule has 3 heterocycles. The van der Waals surface area contributed by atoms with E-state index in [4.69, 9.17) is 0 Å². The quantitative estimate of drug-likeness (QED) is 0.823. The lowest BCUT2D eigenvalue weighted by atomic mass is 10.4. The maximum atomic E-state index is 12.5. The monoisotopic (exact) mass is 342 g/mol. The molecule has 2 aromatic heterocycles. The highest BCUT2D eigenvalue weighted by atomic mass is 79.9. The molecular formula is C11H11BrN4O2S. The summed E-state index contributed by atoms with van der Waals surface area (Å²) >= 11 is 3.24.